The zero-order chi connectivity index (χ0) is 14.0. The highest BCUT2D eigenvalue weighted by atomic mass is 16.6. The summed E-state index contributed by atoms with van der Waals surface area (Å²) < 4.78 is 5.19. The second-order valence-electron chi connectivity index (χ2n) is 4.88. The van der Waals surface area contributed by atoms with Gasteiger partial charge in [-0.05, 0) is 32.4 Å². The second kappa shape index (κ2) is 5.30. The number of benzene rings is 1. The number of hydrogen-bond acceptors (Lipinski definition) is 3. The molecule has 102 valence electrons. The van der Waals surface area contributed by atoms with Gasteiger partial charge < -0.3 is 10.1 Å². The summed E-state index contributed by atoms with van der Waals surface area (Å²) in [6.45, 7) is 5.63. The van der Waals surface area contributed by atoms with E-state index in [1.165, 1.54) is 4.90 Å². The van der Waals surface area contributed by atoms with E-state index in [4.69, 9.17) is 4.74 Å². The van der Waals surface area contributed by atoms with Gasteiger partial charge in [0.1, 0.15) is 6.04 Å². The van der Waals surface area contributed by atoms with Crippen LogP contribution in [-0.2, 0) is 16.1 Å². The van der Waals surface area contributed by atoms with E-state index < -0.39 is 12.1 Å². The summed E-state index contributed by atoms with van der Waals surface area (Å²) in [5, 5.41) is 2.82. The van der Waals surface area contributed by atoms with Crippen LogP contribution in [0.1, 0.15) is 26.3 Å². The molecule has 1 atom stereocenters. The SMILES string of the molecule is CC(C)OC(=O)N1Cc2ccccc2NC(=O)C1C. The van der Waals surface area contributed by atoms with Gasteiger partial charge >= 0.3 is 6.09 Å². The molecule has 1 aromatic carbocycles. The summed E-state index contributed by atoms with van der Waals surface area (Å²) in [5.41, 5.74) is 1.65. The van der Waals surface area contributed by atoms with Crippen molar-refractivity contribution in [2.75, 3.05) is 5.32 Å². The average Bonchev–Trinajstić information content (AvgIpc) is 2.47. The predicted octanol–water partition coefficient (Wildman–Crippen LogP) is 2.37. The largest absolute Gasteiger partial charge is 0.447 e. The van der Waals surface area contributed by atoms with Crippen LogP contribution in [-0.4, -0.2) is 29.0 Å². The molecule has 1 heterocycles. The molecule has 2 amide bonds. The third kappa shape index (κ3) is 2.86. The fourth-order valence-electron chi connectivity index (χ4n) is 1.97. The molecule has 1 aliphatic rings. The summed E-state index contributed by atoms with van der Waals surface area (Å²) >= 11 is 0. The quantitative estimate of drug-likeness (QED) is 0.845. The number of rotatable bonds is 1. The summed E-state index contributed by atoms with van der Waals surface area (Å²) in [6, 6.07) is 6.90. The van der Waals surface area contributed by atoms with E-state index in [0.29, 0.717) is 6.54 Å². The molecular formula is C14H18N2O3. The first kappa shape index (κ1) is 13.4. The Labute approximate surface area is 112 Å². The number of carbonyl (C=O) groups excluding carboxylic acids is 2. The van der Waals surface area contributed by atoms with Crippen molar-refractivity contribution in [1.29, 1.82) is 0 Å². The van der Waals surface area contributed by atoms with Crippen molar-refractivity contribution in [2.45, 2.75) is 39.5 Å². The van der Waals surface area contributed by atoms with Gasteiger partial charge in [-0.2, -0.15) is 0 Å². The summed E-state index contributed by atoms with van der Waals surface area (Å²) in [6.07, 6.45) is -0.671. The maximum absolute atomic E-state index is 12.1. The van der Waals surface area contributed by atoms with Crippen molar-refractivity contribution in [1.82, 2.24) is 4.90 Å². The average molecular weight is 262 g/mol. The normalized spacial score (nSPS) is 18.6. The number of nitrogens with zero attached hydrogens (tertiary/aromatic N) is 1. The van der Waals surface area contributed by atoms with E-state index in [2.05, 4.69) is 5.32 Å². The number of amides is 2. The Hall–Kier alpha value is -2.04. The minimum absolute atomic E-state index is 0.203. The standard InChI is InChI=1S/C14H18N2O3/c1-9(2)19-14(18)16-8-11-6-4-5-7-12(11)15-13(17)10(16)3/h4-7,9-10H,8H2,1-3H3,(H,15,17). The van der Waals surface area contributed by atoms with E-state index in [0.717, 1.165) is 11.3 Å². The number of nitrogens with one attached hydrogen (secondary N) is 1. The fourth-order valence-corrected chi connectivity index (χ4v) is 1.97. The molecule has 0 fully saturated rings. The number of anilines is 1. The molecule has 19 heavy (non-hydrogen) atoms. The molecule has 5 nitrogen and oxygen atoms in total. The van der Waals surface area contributed by atoms with E-state index >= 15 is 0 Å². The molecule has 1 unspecified atom stereocenters. The maximum atomic E-state index is 12.1. The second-order valence-corrected chi connectivity index (χ2v) is 4.88. The Bertz CT molecular complexity index is 499. The summed E-state index contributed by atoms with van der Waals surface area (Å²) in [5.74, 6) is -0.203. The van der Waals surface area contributed by atoms with Crippen LogP contribution in [0.3, 0.4) is 0 Å². The Morgan fingerprint density at radius 3 is 2.79 bits per heavy atom. The van der Waals surface area contributed by atoms with Crippen LogP contribution in [0.15, 0.2) is 24.3 Å². The van der Waals surface area contributed by atoms with Gasteiger partial charge in [0.15, 0.2) is 0 Å². The van der Waals surface area contributed by atoms with E-state index in [-0.39, 0.29) is 12.0 Å². The molecule has 0 bridgehead atoms. The monoisotopic (exact) mass is 262 g/mol. The predicted molar refractivity (Wildman–Crippen MR) is 71.7 cm³/mol. The first-order valence-corrected chi connectivity index (χ1v) is 6.35. The van der Waals surface area contributed by atoms with Crippen LogP contribution in [0.2, 0.25) is 0 Å². The molecule has 0 radical (unpaired) electrons. The molecule has 0 saturated carbocycles. The number of hydrogen-bond donors (Lipinski definition) is 1. The molecule has 0 spiro atoms. The Balaban J connectivity index is 2.29. The number of ether oxygens (including phenoxy) is 1. The zero-order valence-electron chi connectivity index (χ0n) is 11.3. The number of para-hydroxylation sites is 1. The van der Waals surface area contributed by atoms with Crippen LogP contribution in [0.25, 0.3) is 0 Å². The molecule has 0 aromatic heterocycles. The van der Waals surface area contributed by atoms with Crippen LogP contribution in [0.4, 0.5) is 10.5 Å². The van der Waals surface area contributed by atoms with Crippen molar-refractivity contribution >= 4 is 17.7 Å². The van der Waals surface area contributed by atoms with Gasteiger partial charge in [-0.1, -0.05) is 18.2 Å². The maximum Gasteiger partial charge on any atom is 0.410 e. The summed E-state index contributed by atoms with van der Waals surface area (Å²) in [4.78, 5) is 25.5. The van der Waals surface area contributed by atoms with Crippen LogP contribution >= 0.6 is 0 Å². The van der Waals surface area contributed by atoms with Crippen molar-refractivity contribution in [3.8, 4) is 0 Å². The van der Waals surface area contributed by atoms with Gasteiger partial charge in [-0.25, -0.2) is 4.79 Å². The number of fused-ring (bicyclic) bond motifs is 1. The lowest BCUT2D eigenvalue weighted by molar-refractivity contribution is -0.120. The van der Waals surface area contributed by atoms with Crippen LogP contribution in [0.5, 0.6) is 0 Å². The molecule has 1 aromatic rings. The summed E-state index contributed by atoms with van der Waals surface area (Å²) in [7, 11) is 0. The number of carbonyl (C=O) groups is 2. The van der Waals surface area contributed by atoms with Gasteiger partial charge in [0.05, 0.1) is 12.6 Å². The first-order chi connectivity index (χ1) is 8.99. The minimum Gasteiger partial charge on any atom is -0.447 e. The Kier molecular flexibility index (Phi) is 3.74. The first-order valence-electron chi connectivity index (χ1n) is 6.35. The van der Waals surface area contributed by atoms with Gasteiger partial charge in [0.2, 0.25) is 5.91 Å². The third-order valence-corrected chi connectivity index (χ3v) is 3.03. The molecule has 2 rings (SSSR count). The highest BCUT2D eigenvalue weighted by molar-refractivity contribution is 5.97. The van der Waals surface area contributed by atoms with Crippen molar-refractivity contribution < 1.29 is 14.3 Å². The molecule has 1 N–H and O–H groups in total. The van der Waals surface area contributed by atoms with Gasteiger partial charge in [-0.15, -0.1) is 0 Å². The van der Waals surface area contributed by atoms with E-state index in [1.54, 1.807) is 20.8 Å². The lowest BCUT2D eigenvalue weighted by Crippen LogP contribution is -2.44. The lowest BCUT2D eigenvalue weighted by Gasteiger charge is -2.25. The Morgan fingerprint density at radius 1 is 1.42 bits per heavy atom. The van der Waals surface area contributed by atoms with Gasteiger partial charge in [-0.3, -0.25) is 9.69 Å². The van der Waals surface area contributed by atoms with Crippen LogP contribution in [0, 0.1) is 0 Å². The molecular weight excluding hydrogens is 244 g/mol. The minimum atomic E-state index is -0.557. The smallest absolute Gasteiger partial charge is 0.410 e. The fraction of sp³-hybridized carbons (Fsp3) is 0.429. The zero-order valence-corrected chi connectivity index (χ0v) is 11.3. The van der Waals surface area contributed by atoms with E-state index in [9.17, 15) is 9.59 Å². The Morgan fingerprint density at radius 2 is 2.11 bits per heavy atom. The highest BCUT2D eigenvalue weighted by Gasteiger charge is 2.31. The van der Waals surface area contributed by atoms with Gasteiger partial charge in [0, 0.05) is 5.69 Å². The third-order valence-electron chi connectivity index (χ3n) is 3.03. The molecule has 0 saturated heterocycles. The highest BCUT2D eigenvalue weighted by Crippen LogP contribution is 2.23. The van der Waals surface area contributed by atoms with Crippen molar-refractivity contribution in [3.05, 3.63) is 29.8 Å². The van der Waals surface area contributed by atoms with Crippen LogP contribution < -0.4 is 5.32 Å². The molecule has 0 aliphatic carbocycles. The van der Waals surface area contributed by atoms with Gasteiger partial charge in [0.25, 0.3) is 0 Å². The van der Waals surface area contributed by atoms with Crippen molar-refractivity contribution in [3.63, 3.8) is 0 Å². The lowest BCUT2D eigenvalue weighted by atomic mass is 10.2. The van der Waals surface area contributed by atoms with E-state index in [1.807, 2.05) is 24.3 Å². The molecule has 1 aliphatic heterocycles. The van der Waals surface area contributed by atoms with Crippen molar-refractivity contribution in [2.24, 2.45) is 0 Å². The topological polar surface area (TPSA) is 58.6 Å². The molecule has 5 heteroatoms.